The first-order chi connectivity index (χ1) is 15.0. The molecule has 5 heteroatoms. The number of carbonyl (C=O) groups is 2. The Bertz CT molecular complexity index is 1170. The van der Waals surface area contributed by atoms with Crippen molar-refractivity contribution in [2.75, 3.05) is 6.54 Å². The standard InChI is InChI=1S/C26H22FNO3/c1-2-11-25-24(30)17-12-18(15-28(25)14-16-7-9-19(27)10-8-16)26(25)21(13-17)23(29)20-5-3-4-6-22(20)31-26/h2-10,13,17-18H,1,11-12,14-15H2. The molecule has 7 rings (SSSR count). The smallest absolute Gasteiger partial charge is 0.196 e. The van der Waals surface area contributed by atoms with Gasteiger partial charge in [-0.2, -0.15) is 0 Å². The fraction of sp³-hybridized carbons (Fsp3) is 0.308. The summed E-state index contributed by atoms with van der Waals surface area (Å²) < 4.78 is 20.2. The Morgan fingerprint density at radius 3 is 2.71 bits per heavy atom. The molecule has 3 aliphatic carbocycles. The molecule has 0 amide bonds. The van der Waals surface area contributed by atoms with Gasteiger partial charge in [0.2, 0.25) is 0 Å². The molecule has 0 N–H and O–H groups in total. The highest BCUT2D eigenvalue weighted by Crippen LogP contribution is 2.63. The maximum absolute atomic E-state index is 13.9. The van der Waals surface area contributed by atoms with Crippen molar-refractivity contribution in [3.05, 3.63) is 89.8 Å². The lowest BCUT2D eigenvalue weighted by Gasteiger charge is -2.58. The van der Waals surface area contributed by atoms with Gasteiger partial charge in [-0.05, 0) is 42.7 Å². The molecule has 5 aliphatic rings. The molecular weight excluding hydrogens is 393 g/mol. The van der Waals surface area contributed by atoms with E-state index in [0.29, 0.717) is 42.8 Å². The zero-order valence-electron chi connectivity index (χ0n) is 17.0. The first-order valence-corrected chi connectivity index (χ1v) is 10.7. The normalized spacial score (nSPS) is 32.9. The minimum Gasteiger partial charge on any atom is -0.479 e. The van der Waals surface area contributed by atoms with E-state index in [9.17, 15) is 14.0 Å². The van der Waals surface area contributed by atoms with Crippen molar-refractivity contribution in [1.29, 1.82) is 0 Å². The van der Waals surface area contributed by atoms with Gasteiger partial charge in [0.1, 0.15) is 17.1 Å². The predicted octanol–water partition coefficient (Wildman–Crippen LogP) is 4.12. The number of allylic oxidation sites excluding steroid dienone is 1. The number of ketones is 2. The van der Waals surface area contributed by atoms with Crippen molar-refractivity contribution in [2.45, 2.75) is 30.5 Å². The third-order valence-electron chi connectivity index (χ3n) is 7.59. The Hall–Kier alpha value is -3.05. The summed E-state index contributed by atoms with van der Waals surface area (Å²) in [5.74, 6) is 0.0347. The molecular formula is C26H22FNO3. The van der Waals surface area contributed by atoms with Crippen LogP contribution in [0.3, 0.4) is 0 Å². The van der Waals surface area contributed by atoms with Crippen LogP contribution in [0.25, 0.3) is 0 Å². The number of nitrogens with zero attached hydrogens (tertiary/aromatic N) is 1. The van der Waals surface area contributed by atoms with Gasteiger partial charge in [0.25, 0.3) is 0 Å². The Kier molecular flexibility index (Phi) is 3.76. The molecule has 0 radical (unpaired) electrons. The van der Waals surface area contributed by atoms with Crippen LogP contribution in [-0.2, 0) is 11.3 Å². The molecule has 31 heavy (non-hydrogen) atoms. The van der Waals surface area contributed by atoms with E-state index < -0.39 is 11.1 Å². The van der Waals surface area contributed by atoms with Crippen molar-refractivity contribution >= 4 is 11.6 Å². The molecule has 4 nitrogen and oxygen atoms in total. The van der Waals surface area contributed by atoms with Gasteiger partial charge in [0.05, 0.1) is 5.56 Å². The van der Waals surface area contributed by atoms with Crippen LogP contribution in [0.4, 0.5) is 4.39 Å². The number of hydrogen-bond donors (Lipinski definition) is 0. The number of rotatable bonds is 4. The number of Topliss-reactive ketones (excluding diaryl/α,β-unsaturated/α-hetero) is 2. The number of para-hydroxylation sites is 1. The van der Waals surface area contributed by atoms with Crippen molar-refractivity contribution in [3.8, 4) is 5.75 Å². The summed E-state index contributed by atoms with van der Waals surface area (Å²) in [6.07, 6.45) is 4.70. The Balaban J connectivity index is 1.54. The van der Waals surface area contributed by atoms with E-state index in [4.69, 9.17) is 4.74 Å². The van der Waals surface area contributed by atoms with Gasteiger partial charge in [-0.25, -0.2) is 4.39 Å². The average Bonchev–Trinajstić information content (AvgIpc) is 2.97. The van der Waals surface area contributed by atoms with Gasteiger partial charge >= 0.3 is 0 Å². The lowest BCUT2D eigenvalue weighted by atomic mass is 9.52. The van der Waals surface area contributed by atoms with Crippen LogP contribution in [0, 0.1) is 17.7 Å². The van der Waals surface area contributed by atoms with E-state index in [1.165, 1.54) is 12.1 Å². The molecule has 1 spiro atoms. The first kappa shape index (κ1) is 18.7. The third-order valence-corrected chi connectivity index (χ3v) is 7.59. The fourth-order valence-electron chi connectivity index (χ4n) is 6.46. The number of fused-ring (bicyclic) bond motifs is 1. The Labute approximate surface area is 180 Å². The number of carbonyl (C=O) groups excluding carboxylic acids is 2. The van der Waals surface area contributed by atoms with Gasteiger partial charge < -0.3 is 4.74 Å². The van der Waals surface area contributed by atoms with E-state index in [1.54, 1.807) is 24.3 Å². The quantitative estimate of drug-likeness (QED) is 0.705. The molecule has 2 aliphatic heterocycles. The van der Waals surface area contributed by atoms with E-state index in [-0.39, 0.29) is 29.2 Å². The molecule has 0 aromatic heterocycles. The van der Waals surface area contributed by atoms with Crippen LogP contribution in [-0.4, -0.2) is 34.2 Å². The van der Waals surface area contributed by atoms with Crippen LogP contribution in [0.2, 0.25) is 0 Å². The van der Waals surface area contributed by atoms with Crippen LogP contribution >= 0.6 is 0 Å². The lowest BCUT2D eigenvalue weighted by molar-refractivity contribution is -0.151. The highest BCUT2D eigenvalue weighted by molar-refractivity contribution is 6.16. The van der Waals surface area contributed by atoms with Crippen molar-refractivity contribution < 1.29 is 18.7 Å². The molecule has 2 aromatic rings. The third kappa shape index (κ3) is 2.17. The topological polar surface area (TPSA) is 46.6 Å². The summed E-state index contributed by atoms with van der Waals surface area (Å²) in [4.78, 5) is 29.6. The summed E-state index contributed by atoms with van der Waals surface area (Å²) in [7, 11) is 0. The molecule has 2 fully saturated rings. The molecule has 1 saturated heterocycles. The Morgan fingerprint density at radius 1 is 1.16 bits per heavy atom. The maximum atomic E-state index is 13.9. The summed E-state index contributed by atoms with van der Waals surface area (Å²) in [6, 6.07) is 13.7. The average molecular weight is 415 g/mol. The second-order valence-electron chi connectivity index (χ2n) is 9.01. The van der Waals surface area contributed by atoms with E-state index in [2.05, 4.69) is 11.5 Å². The zero-order chi connectivity index (χ0) is 21.4. The minimum absolute atomic E-state index is 0.0212. The summed E-state index contributed by atoms with van der Waals surface area (Å²) in [6.45, 7) is 5.07. The molecule has 2 heterocycles. The van der Waals surface area contributed by atoms with Crippen molar-refractivity contribution in [2.24, 2.45) is 11.8 Å². The minimum atomic E-state index is -1.02. The van der Waals surface area contributed by atoms with Gasteiger partial charge in [0.15, 0.2) is 17.2 Å². The van der Waals surface area contributed by atoms with Crippen LogP contribution < -0.4 is 4.74 Å². The van der Waals surface area contributed by atoms with E-state index >= 15 is 0 Å². The van der Waals surface area contributed by atoms with Crippen LogP contribution in [0.5, 0.6) is 5.75 Å². The lowest BCUT2D eigenvalue weighted by Crippen LogP contribution is -2.74. The molecule has 2 aromatic carbocycles. The highest BCUT2D eigenvalue weighted by atomic mass is 19.1. The second kappa shape index (κ2) is 6.24. The van der Waals surface area contributed by atoms with Crippen LogP contribution in [0.15, 0.2) is 72.8 Å². The van der Waals surface area contributed by atoms with Gasteiger partial charge in [-0.1, -0.05) is 36.4 Å². The second-order valence-corrected chi connectivity index (χ2v) is 9.01. The van der Waals surface area contributed by atoms with Gasteiger partial charge in [-0.15, -0.1) is 6.58 Å². The predicted molar refractivity (Wildman–Crippen MR) is 113 cm³/mol. The number of hydrogen-bond acceptors (Lipinski definition) is 4. The summed E-state index contributed by atoms with van der Waals surface area (Å²) in [5.41, 5.74) is 0.0845. The van der Waals surface area contributed by atoms with E-state index in [0.717, 1.165) is 5.56 Å². The van der Waals surface area contributed by atoms with Crippen molar-refractivity contribution in [1.82, 2.24) is 4.90 Å². The maximum Gasteiger partial charge on any atom is 0.196 e. The summed E-state index contributed by atoms with van der Waals surface area (Å²) in [5, 5.41) is 0. The first-order valence-electron chi connectivity index (χ1n) is 10.7. The summed E-state index contributed by atoms with van der Waals surface area (Å²) >= 11 is 0. The SMILES string of the molecule is C=CCC12C(=O)C3C=C4C(=O)c5ccccc5OC41C(C3)CN2Cc1ccc(F)cc1. The van der Waals surface area contributed by atoms with Gasteiger partial charge in [-0.3, -0.25) is 14.5 Å². The fourth-order valence-corrected chi connectivity index (χ4v) is 6.46. The van der Waals surface area contributed by atoms with Crippen molar-refractivity contribution in [3.63, 3.8) is 0 Å². The zero-order valence-corrected chi connectivity index (χ0v) is 17.0. The highest BCUT2D eigenvalue weighted by Gasteiger charge is 2.77. The van der Waals surface area contributed by atoms with E-state index in [1.807, 2.05) is 24.3 Å². The Morgan fingerprint density at radius 2 is 1.94 bits per heavy atom. The number of halogens is 1. The molecule has 1 saturated carbocycles. The molecule has 4 unspecified atom stereocenters. The van der Waals surface area contributed by atoms with Gasteiger partial charge in [0, 0.05) is 30.5 Å². The molecule has 156 valence electrons. The number of likely N-dealkylation sites (tertiary alicyclic amines) is 1. The number of benzene rings is 2. The number of ether oxygens (including phenoxy) is 1. The molecule has 4 atom stereocenters. The van der Waals surface area contributed by atoms with Crippen LogP contribution in [0.1, 0.15) is 28.8 Å². The monoisotopic (exact) mass is 415 g/mol. The molecule has 4 bridgehead atoms. The largest absolute Gasteiger partial charge is 0.479 e.